The molecule has 0 unspecified atom stereocenters. The summed E-state index contributed by atoms with van der Waals surface area (Å²) < 4.78 is 10.2. The number of hydrogen-bond acceptors (Lipinski definition) is 5. The van der Waals surface area contributed by atoms with Crippen LogP contribution in [0.3, 0.4) is 0 Å². The van der Waals surface area contributed by atoms with Gasteiger partial charge in [0.2, 0.25) is 5.91 Å². The van der Waals surface area contributed by atoms with E-state index in [1.54, 1.807) is 31.4 Å². The molecular weight excluding hydrogens is 336 g/mol. The van der Waals surface area contributed by atoms with Crippen LogP contribution in [-0.2, 0) is 19.1 Å². The normalized spacial score (nSPS) is 20.3. The molecule has 0 radical (unpaired) electrons. The third-order valence-electron chi connectivity index (χ3n) is 4.96. The topological polar surface area (TPSA) is 84.9 Å². The van der Waals surface area contributed by atoms with Gasteiger partial charge in [0.25, 0.3) is 5.91 Å². The van der Waals surface area contributed by atoms with Gasteiger partial charge in [0, 0.05) is 30.8 Å². The van der Waals surface area contributed by atoms with Crippen LogP contribution in [0.4, 0.5) is 5.69 Å². The van der Waals surface area contributed by atoms with E-state index in [4.69, 9.17) is 9.47 Å². The lowest BCUT2D eigenvalue weighted by molar-refractivity contribution is -0.151. The maximum Gasteiger partial charge on any atom is 0.311 e. The van der Waals surface area contributed by atoms with Gasteiger partial charge >= 0.3 is 5.97 Å². The summed E-state index contributed by atoms with van der Waals surface area (Å²) in [6.45, 7) is 0.0317. The van der Waals surface area contributed by atoms with Crippen molar-refractivity contribution in [2.75, 3.05) is 25.6 Å². The molecule has 2 aliphatic rings. The van der Waals surface area contributed by atoms with Crippen LogP contribution in [-0.4, -0.2) is 49.0 Å². The average molecular weight is 360 g/mol. The molecule has 1 aromatic carbocycles. The van der Waals surface area contributed by atoms with E-state index in [9.17, 15) is 14.4 Å². The van der Waals surface area contributed by atoms with Gasteiger partial charge in [-0.05, 0) is 25.0 Å². The van der Waals surface area contributed by atoms with E-state index in [1.807, 2.05) is 4.90 Å². The molecule has 1 aliphatic heterocycles. The van der Waals surface area contributed by atoms with Gasteiger partial charge in [-0.2, -0.15) is 0 Å². The number of esters is 1. The molecule has 26 heavy (non-hydrogen) atoms. The maximum atomic E-state index is 12.2. The summed E-state index contributed by atoms with van der Waals surface area (Å²) in [5.74, 6) is -0.758. The predicted octanol–water partition coefficient (Wildman–Crippen LogP) is 1.97. The van der Waals surface area contributed by atoms with Gasteiger partial charge in [-0.3, -0.25) is 14.4 Å². The monoisotopic (exact) mass is 360 g/mol. The third kappa shape index (κ3) is 4.33. The average Bonchev–Trinajstić information content (AvgIpc) is 3.29. The van der Waals surface area contributed by atoms with E-state index in [0.717, 1.165) is 25.7 Å². The lowest BCUT2D eigenvalue weighted by Gasteiger charge is -2.23. The molecule has 2 amide bonds. The zero-order chi connectivity index (χ0) is 18.5. The molecule has 0 spiro atoms. The van der Waals surface area contributed by atoms with Crippen molar-refractivity contribution in [2.45, 2.75) is 38.1 Å². The highest BCUT2D eigenvalue weighted by Crippen LogP contribution is 2.29. The molecule has 1 aromatic rings. The second-order valence-electron chi connectivity index (χ2n) is 6.77. The number of carbonyl (C=O) groups excluding carboxylic acids is 3. The van der Waals surface area contributed by atoms with Crippen molar-refractivity contribution in [3.05, 3.63) is 24.3 Å². The third-order valence-corrected chi connectivity index (χ3v) is 4.96. The molecule has 1 N–H and O–H groups in total. The first-order valence-corrected chi connectivity index (χ1v) is 8.97. The summed E-state index contributed by atoms with van der Waals surface area (Å²) >= 11 is 0. The zero-order valence-corrected chi connectivity index (χ0v) is 14.9. The maximum absolute atomic E-state index is 12.2. The van der Waals surface area contributed by atoms with E-state index in [2.05, 4.69) is 5.32 Å². The number of ether oxygens (including phenoxy) is 2. The molecule has 0 aromatic heterocycles. The summed E-state index contributed by atoms with van der Waals surface area (Å²) in [5.41, 5.74) is 0.564. The molecule has 1 atom stereocenters. The number of rotatable bonds is 6. The summed E-state index contributed by atoms with van der Waals surface area (Å²) in [6, 6.07) is 7.17. The fraction of sp³-hybridized carbons (Fsp3) is 0.526. The van der Waals surface area contributed by atoms with Gasteiger partial charge in [0.05, 0.1) is 13.0 Å². The zero-order valence-electron chi connectivity index (χ0n) is 14.9. The standard InChI is InChI=1S/C19H24N2O5/c1-25-16-8-4-5-14(10-16)20-17(22)12-26-19(24)13-9-18(23)21(11-13)15-6-2-3-7-15/h4-5,8,10,13,15H,2-3,6-7,9,11-12H2,1H3,(H,20,22)/t13-/m1/s1. The molecule has 1 saturated carbocycles. The van der Waals surface area contributed by atoms with Crippen LogP contribution in [0.5, 0.6) is 5.75 Å². The Bertz CT molecular complexity index is 684. The van der Waals surface area contributed by atoms with Crippen molar-refractivity contribution in [3.8, 4) is 5.75 Å². The molecule has 0 bridgehead atoms. The van der Waals surface area contributed by atoms with Gasteiger partial charge in [0.1, 0.15) is 5.75 Å². The van der Waals surface area contributed by atoms with Gasteiger partial charge in [-0.1, -0.05) is 18.9 Å². The molecule has 1 heterocycles. The Balaban J connectivity index is 1.46. The Morgan fingerprint density at radius 3 is 2.77 bits per heavy atom. The van der Waals surface area contributed by atoms with Gasteiger partial charge in [-0.15, -0.1) is 0 Å². The summed E-state index contributed by atoms with van der Waals surface area (Å²) in [7, 11) is 1.54. The van der Waals surface area contributed by atoms with Crippen LogP contribution in [0.15, 0.2) is 24.3 Å². The van der Waals surface area contributed by atoms with Crippen LogP contribution in [0.1, 0.15) is 32.1 Å². The van der Waals surface area contributed by atoms with Crippen molar-refractivity contribution >= 4 is 23.5 Å². The number of benzene rings is 1. The number of carbonyl (C=O) groups is 3. The summed E-state index contributed by atoms with van der Waals surface area (Å²) in [6.07, 6.45) is 4.46. The largest absolute Gasteiger partial charge is 0.497 e. The molecular formula is C19H24N2O5. The lowest BCUT2D eigenvalue weighted by Crippen LogP contribution is -2.35. The molecule has 1 saturated heterocycles. The Morgan fingerprint density at radius 1 is 1.27 bits per heavy atom. The second kappa shape index (κ2) is 8.21. The first-order valence-electron chi connectivity index (χ1n) is 8.97. The van der Waals surface area contributed by atoms with Crippen LogP contribution >= 0.6 is 0 Å². The highest BCUT2D eigenvalue weighted by atomic mass is 16.5. The van der Waals surface area contributed by atoms with Crippen molar-refractivity contribution < 1.29 is 23.9 Å². The van der Waals surface area contributed by atoms with E-state index in [0.29, 0.717) is 18.0 Å². The van der Waals surface area contributed by atoms with Gasteiger partial charge in [-0.25, -0.2) is 0 Å². The van der Waals surface area contributed by atoms with E-state index < -0.39 is 17.8 Å². The number of amides is 2. The van der Waals surface area contributed by atoms with Crippen LogP contribution < -0.4 is 10.1 Å². The SMILES string of the molecule is COc1cccc(NC(=O)COC(=O)[C@@H]2CC(=O)N(C3CCCC3)C2)c1. The van der Waals surface area contributed by atoms with E-state index in [1.165, 1.54) is 0 Å². The minimum Gasteiger partial charge on any atom is -0.497 e. The van der Waals surface area contributed by atoms with Crippen LogP contribution in [0.25, 0.3) is 0 Å². The minimum absolute atomic E-state index is 0.0136. The molecule has 1 aliphatic carbocycles. The van der Waals surface area contributed by atoms with Gasteiger partial charge < -0.3 is 19.7 Å². The molecule has 2 fully saturated rings. The fourth-order valence-corrected chi connectivity index (χ4v) is 3.61. The number of hydrogen-bond donors (Lipinski definition) is 1. The van der Waals surface area contributed by atoms with Crippen molar-refractivity contribution in [1.82, 2.24) is 4.90 Å². The number of likely N-dealkylation sites (tertiary alicyclic amines) is 1. The van der Waals surface area contributed by atoms with E-state index >= 15 is 0 Å². The predicted molar refractivity (Wildman–Crippen MR) is 94.7 cm³/mol. The van der Waals surface area contributed by atoms with Crippen molar-refractivity contribution in [1.29, 1.82) is 0 Å². The quantitative estimate of drug-likeness (QED) is 0.784. The second-order valence-corrected chi connectivity index (χ2v) is 6.77. The Morgan fingerprint density at radius 2 is 2.04 bits per heavy atom. The Labute approximate surface area is 152 Å². The minimum atomic E-state index is -0.486. The van der Waals surface area contributed by atoms with E-state index in [-0.39, 0.29) is 25.0 Å². The molecule has 7 nitrogen and oxygen atoms in total. The summed E-state index contributed by atoms with van der Waals surface area (Å²) in [4.78, 5) is 38.1. The van der Waals surface area contributed by atoms with Gasteiger partial charge in [0.15, 0.2) is 6.61 Å². The van der Waals surface area contributed by atoms with Crippen LogP contribution in [0.2, 0.25) is 0 Å². The highest BCUT2D eigenvalue weighted by Gasteiger charge is 2.39. The number of methoxy groups -OCH3 is 1. The van der Waals surface area contributed by atoms with Crippen molar-refractivity contribution in [3.63, 3.8) is 0 Å². The Hall–Kier alpha value is -2.57. The Kier molecular flexibility index (Phi) is 5.75. The molecule has 7 heteroatoms. The summed E-state index contributed by atoms with van der Waals surface area (Å²) in [5, 5.41) is 2.65. The van der Waals surface area contributed by atoms with Crippen LogP contribution in [0, 0.1) is 5.92 Å². The first-order chi connectivity index (χ1) is 12.6. The first kappa shape index (κ1) is 18.2. The number of anilines is 1. The molecule has 3 rings (SSSR count). The van der Waals surface area contributed by atoms with Crippen molar-refractivity contribution in [2.24, 2.45) is 5.92 Å². The smallest absolute Gasteiger partial charge is 0.311 e. The highest BCUT2D eigenvalue weighted by molar-refractivity contribution is 5.93. The number of nitrogens with zero attached hydrogens (tertiary/aromatic N) is 1. The molecule has 140 valence electrons. The number of nitrogens with one attached hydrogen (secondary N) is 1. The lowest BCUT2D eigenvalue weighted by atomic mass is 10.1. The fourth-order valence-electron chi connectivity index (χ4n) is 3.61.